The molecule has 5 heteroatoms. The monoisotopic (exact) mass is 262 g/mol. The van der Waals surface area contributed by atoms with Crippen molar-refractivity contribution in [3.63, 3.8) is 0 Å². The summed E-state index contributed by atoms with van der Waals surface area (Å²) in [4.78, 5) is 8.40. The summed E-state index contributed by atoms with van der Waals surface area (Å²) >= 11 is 1.73. The van der Waals surface area contributed by atoms with E-state index in [4.69, 9.17) is 0 Å². The van der Waals surface area contributed by atoms with Crippen molar-refractivity contribution in [3.8, 4) is 0 Å². The molecule has 4 nitrogen and oxygen atoms in total. The molecule has 0 amide bonds. The van der Waals surface area contributed by atoms with E-state index in [0.29, 0.717) is 0 Å². The van der Waals surface area contributed by atoms with Crippen LogP contribution in [0.4, 0.5) is 11.6 Å². The lowest BCUT2D eigenvalue weighted by Crippen LogP contribution is -2.05. The smallest absolute Gasteiger partial charge is 0.131 e. The molecule has 0 saturated heterocycles. The highest BCUT2D eigenvalue weighted by atomic mass is 32.1. The van der Waals surface area contributed by atoms with Crippen molar-refractivity contribution in [1.82, 2.24) is 9.97 Å². The Labute approximate surface area is 111 Å². The maximum Gasteiger partial charge on any atom is 0.131 e. The number of nitrogens with zero attached hydrogens (tertiary/aromatic N) is 2. The Balaban J connectivity index is 1.95. The van der Waals surface area contributed by atoms with Gasteiger partial charge < -0.3 is 10.6 Å². The lowest BCUT2D eigenvalue weighted by molar-refractivity contribution is 0.963. The third kappa shape index (κ3) is 3.43. The molecule has 0 aromatic carbocycles. The van der Waals surface area contributed by atoms with Crippen molar-refractivity contribution >= 4 is 23.0 Å². The number of thiophene rings is 1. The van der Waals surface area contributed by atoms with Gasteiger partial charge in [0.15, 0.2) is 0 Å². The molecule has 0 aliphatic heterocycles. The molecular formula is C13H18N4S. The largest absolute Gasteiger partial charge is 0.370 e. The fraction of sp³-hybridized carbons (Fsp3) is 0.385. The maximum absolute atomic E-state index is 4.22. The zero-order valence-electron chi connectivity index (χ0n) is 10.7. The van der Waals surface area contributed by atoms with Crippen LogP contribution in [0.25, 0.3) is 0 Å². The van der Waals surface area contributed by atoms with E-state index >= 15 is 0 Å². The third-order valence-corrected chi connectivity index (χ3v) is 3.56. The van der Waals surface area contributed by atoms with Crippen LogP contribution < -0.4 is 10.6 Å². The van der Waals surface area contributed by atoms with E-state index in [1.165, 1.54) is 11.1 Å². The van der Waals surface area contributed by atoms with E-state index in [-0.39, 0.29) is 0 Å². The summed E-state index contributed by atoms with van der Waals surface area (Å²) in [6.07, 6.45) is 2.67. The van der Waals surface area contributed by atoms with Gasteiger partial charge in [0.05, 0.1) is 0 Å². The van der Waals surface area contributed by atoms with E-state index in [9.17, 15) is 0 Å². The zero-order chi connectivity index (χ0) is 12.8. The Morgan fingerprint density at radius 2 is 1.94 bits per heavy atom. The Bertz CT molecular complexity index is 495. The molecule has 0 bridgehead atoms. The minimum Gasteiger partial charge on any atom is -0.370 e. The number of aromatic nitrogens is 2. The van der Waals surface area contributed by atoms with Crippen molar-refractivity contribution in [3.05, 3.63) is 34.3 Å². The molecule has 2 aromatic heterocycles. The van der Waals surface area contributed by atoms with Crippen molar-refractivity contribution in [1.29, 1.82) is 0 Å². The van der Waals surface area contributed by atoms with Gasteiger partial charge in [0.2, 0.25) is 0 Å². The Morgan fingerprint density at radius 3 is 2.61 bits per heavy atom. The topological polar surface area (TPSA) is 49.8 Å². The second-order valence-electron chi connectivity index (χ2n) is 4.15. The summed E-state index contributed by atoms with van der Waals surface area (Å²) in [7, 11) is 0. The minimum absolute atomic E-state index is 0.805. The zero-order valence-corrected chi connectivity index (χ0v) is 11.5. The average Bonchev–Trinajstić information content (AvgIpc) is 2.80. The van der Waals surface area contributed by atoms with Crippen LogP contribution in [-0.2, 0) is 6.54 Å². The lowest BCUT2D eigenvalue weighted by Gasteiger charge is -2.07. The highest BCUT2D eigenvalue weighted by Gasteiger charge is 2.01. The van der Waals surface area contributed by atoms with E-state index in [1.54, 1.807) is 17.7 Å². The molecule has 2 rings (SSSR count). The molecular weight excluding hydrogens is 244 g/mol. The molecule has 96 valence electrons. The Morgan fingerprint density at radius 1 is 1.17 bits per heavy atom. The molecule has 2 aromatic rings. The molecule has 18 heavy (non-hydrogen) atoms. The number of nitrogens with one attached hydrogen (secondary N) is 2. The standard InChI is InChI=1S/C13H18N4S/c1-3-4-14-12-5-13(17-9-16-12)15-6-11-8-18-7-10(11)2/h5,7-9H,3-4,6H2,1-2H3,(H2,14,15,16,17). The number of rotatable bonds is 6. The van der Waals surface area contributed by atoms with Gasteiger partial charge in [-0.25, -0.2) is 9.97 Å². The van der Waals surface area contributed by atoms with Gasteiger partial charge in [-0.1, -0.05) is 6.92 Å². The quantitative estimate of drug-likeness (QED) is 0.839. The van der Waals surface area contributed by atoms with E-state index < -0.39 is 0 Å². The SMILES string of the molecule is CCCNc1cc(NCc2cscc2C)ncn1. The second kappa shape index (κ2) is 6.35. The molecule has 0 fully saturated rings. The van der Waals surface area contributed by atoms with Crippen LogP contribution >= 0.6 is 11.3 Å². The molecule has 2 N–H and O–H groups in total. The minimum atomic E-state index is 0.805. The molecule has 0 aliphatic rings. The van der Waals surface area contributed by atoms with Gasteiger partial charge in [-0.2, -0.15) is 11.3 Å². The lowest BCUT2D eigenvalue weighted by atomic mass is 10.2. The molecule has 0 saturated carbocycles. The predicted octanol–water partition coefficient (Wildman–Crippen LogP) is 3.28. The molecule has 0 spiro atoms. The number of aryl methyl sites for hydroxylation is 1. The number of anilines is 2. The summed E-state index contributed by atoms with van der Waals surface area (Å²) in [5, 5.41) is 10.9. The number of hydrogen-bond donors (Lipinski definition) is 2. The van der Waals surface area contributed by atoms with Crippen LogP contribution in [0.5, 0.6) is 0 Å². The highest BCUT2D eigenvalue weighted by Crippen LogP contribution is 2.16. The second-order valence-corrected chi connectivity index (χ2v) is 4.89. The first-order chi connectivity index (χ1) is 8.79. The van der Waals surface area contributed by atoms with Crippen molar-refractivity contribution in [2.24, 2.45) is 0 Å². The van der Waals surface area contributed by atoms with Crippen LogP contribution in [0, 0.1) is 6.92 Å². The van der Waals surface area contributed by atoms with Crippen LogP contribution in [-0.4, -0.2) is 16.5 Å². The molecule has 0 unspecified atom stereocenters. The predicted molar refractivity (Wildman–Crippen MR) is 77.2 cm³/mol. The van der Waals surface area contributed by atoms with Crippen molar-refractivity contribution < 1.29 is 0 Å². The van der Waals surface area contributed by atoms with Crippen LogP contribution in [0.1, 0.15) is 24.5 Å². The fourth-order valence-corrected chi connectivity index (χ4v) is 2.41. The Hall–Kier alpha value is -1.62. The summed E-state index contributed by atoms with van der Waals surface area (Å²) < 4.78 is 0. The number of hydrogen-bond acceptors (Lipinski definition) is 5. The first-order valence-corrected chi connectivity index (χ1v) is 7.05. The summed E-state index contributed by atoms with van der Waals surface area (Å²) in [6, 6.07) is 1.94. The van der Waals surface area contributed by atoms with Crippen LogP contribution in [0.15, 0.2) is 23.2 Å². The van der Waals surface area contributed by atoms with Gasteiger partial charge in [0.1, 0.15) is 18.0 Å². The molecule has 0 atom stereocenters. The van der Waals surface area contributed by atoms with Gasteiger partial charge in [0.25, 0.3) is 0 Å². The maximum atomic E-state index is 4.22. The third-order valence-electron chi connectivity index (χ3n) is 2.64. The Kier molecular flexibility index (Phi) is 4.52. The van der Waals surface area contributed by atoms with Crippen molar-refractivity contribution in [2.75, 3.05) is 17.2 Å². The van der Waals surface area contributed by atoms with E-state index in [1.807, 2.05) is 6.07 Å². The molecule has 0 radical (unpaired) electrons. The molecule has 0 aliphatic carbocycles. The van der Waals surface area contributed by atoms with Crippen LogP contribution in [0.3, 0.4) is 0 Å². The van der Waals surface area contributed by atoms with E-state index in [0.717, 1.165) is 31.1 Å². The summed E-state index contributed by atoms with van der Waals surface area (Å²) in [6.45, 7) is 5.99. The van der Waals surface area contributed by atoms with Gasteiger partial charge in [-0.05, 0) is 35.2 Å². The van der Waals surface area contributed by atoms with Crippen molar-refractivity contribution in [2.45, 2.75) is 26.8 Å². The first-order valence-electron chi connectivity index (χ1n) is 6.11. The molecule has 2 heterocycles. The summed E-state index contributed by atoms with van der Waals surface area (Å²) in [5.74, 6) is 1.73. The normalized spacial score (nSPS) is 10.3. The van der Waals surface area contributed by atoms with E-state index in [2.05, 4.69) is 45.2 Å². The highest BCUT2D eigenvalue weighted by molar-refractivity contribution is 7.08. The fourth-order valence-electron chi connectivity index (χ4n) is 1.56. The van der Waals surface area contributed by atoms with Gasteiger partial charge in [-0.15, -0.1) is 0 Å². The van der Waals surface area contributed by atoms with Gasteiger partial charge >= 0.3 is 0 Å². The van der Waals surface area contributed by atoms with Gasteiger partial charge in [0, 0.05) is 19.2 Å². The first kappa shape index (κ1) is 12.8. The summed E-state index contributed by atoms with van der Waals surface area (Å²) in [5.41, 5.74) is 2.65. The van der Waals surface area contributed by atoms with Gasteiger partial charge in [-0.3, -0.25) is 0 Å². The average molecular weight is 262 g/mol. The van der Waals surface area contributed by atoms with Crippen LogP contribution in [0.2, 0.25) is 0 Å².